The molecule has 0 aromatic rings. The molecule has 3 N–H and O–H groups in total. The summed E-state index contributed by atoms with van der Waals surface area (Å²) in [6.45, 7) is -0.426. The number of piperidine rings is 1. The van der Waals surface area contributed by atoms with Gasteiger partial charge in [0.1, 0.15) is 6.04 Å². The standard InChI is InChI=1S/C8H14F2N2O2.ClH/c9-8(10)1-3-12(4-2-8)7(14)6(11)5-13;/h6,13H,1-5,11H2;1H/t6-;/m0./s1. The van der Waals surface area contributed by atoms with Crippen molar-refractivity contribution in [2.45, 2.75) is 24.8 Å². The summed E-state index contributed by atoms with van der Waals surface area (Å²) in [5.41, 5.74) is 5.29. The van der Waals surface area contributed by atoms with Gasteiger partial charge in [0.05, 0.1) is 6.61 Å². The molecule has 1 saturated heterocycles. The van der Waals surface area contributed by atoms with Gasteiger partial charge in [-0.2, -0.15) is 0 Å². The molecule has 0 unspecified atom stereocenters. The number of carbonyl (C=O) groups excluding carboxylic acids is 1. The quantitative estimate of drug-likeness (QED) is 0.718. The molecule has 0 bridgehead atoms. The lowest BCUT2D eigenvalue weighted by Crippen LogP contribution is -2.50. The molecule has 0 radical (unpaired) electrons. The van der Waals surface area contributed by atoms with Crippen LogP contribution in [-0.2, 0) is 4.79 Å². The summed E-state index contributed by atoms with van der Waals surface area (Å²) >= 11 is 0. The Morgan fingerprint density at radius 3 is 2.33 bits per heavy atom. The summed E-state index contributed by atoms with van der Waals surface area (Å²) in [6.07, 6.45) is -0.645. The second-order valence-corrected chi connectivity index (χ2v) is 3.47. The lowest BCUT2D eigenvalue weighted by Gasteiger charge is -2.32. The SMILES string of the molecule is Cl.N[C@@H](CO)C(=O)N1CCC(F)(F)CC1. The average Bonchev–Trinajstić information content (AvgIpc) is 2.15. The van der Waals surface area contributed by atoms with Crippen molar-refractivity contribution >= 4 is 18.3 Å². The van der Waals surface area contributed by atoms with E-state index in [-0.39, 0.29) is 38.3 Å². The Morgan fingerprint density at radius 2 is 1.93 bits per heavy atom. The van der Waals surface area contributed by atoms with E-state index in [1.54, 1.807) is 0 Å². The maximum absolute atomic E-state index is 12.7. The van der Waals surface area contributed by atoms with Crippen LogP contribution in [0.5, 0.6) is 0 Å². The van der Waals surface area contributed by atoms with Crippen molar-refractivity contribution in [3.8, 4) is 0 Å². The first-order valence-electron chi connectivity index (χ1n) is 4.49. The van der Waals surface area contributed by atoms with Crippen LogP contribution in [0.25, 0.3) is 0 Å². The predicted molar refractivity (Wildman–Crippen MR) is 53.1 cm³/mol. The second-order valence-electron chi connectivity index (χ2n) is 3.47. The number of hydrogen-bond donors (Lipinski definition) is 2. The Bertz CT molecular complexity index is 219. The van der Waals surface area contributed by atoms with Gasteiger partial charge in [0.15, 0.2) is 0 Å². The molecule has 1 aliphatic rings. The summed E-state index contributed by atoms with van der Waals surface area (Å²) in [5.74, 6) is -3.12. The zero-order valence-electron chi connectivity index (χ0n) is 8.16. The minimum atomic E-state index is -2.67. The van der Waals surface area contributed by atoms with Crippen LogP contribution in [0.15, 0.2) is 0 Å². The van der Waals surface area contributed by atoms with Gasteiger partial charge in [-0.05, 0) is 0 Å². The highest BCUT2D eigenvalue weighted by atomic mass is 35.5. The fourth-order valence-electron chi connectivity index (χ4n) is 1.37. The molecular formula is C8H15ClF2N2O2. The zero-order valence-corrected chi connectivity index (χ0v) is 8.97. The van der Waals surface area contributed by atoms with Crippen molar-refractivity contribution < 1.29 is 18.7 Å². The molecule has 0 aromatic heterocycles. The normalized spacial score (nSPS) is 21.7. The number of aliphatic hydroxyl groups is 1. The number of nitrogens with zero attached hydrogens (tertiary/aromatic N) is 1. The first-order valence-corrected chi connectivity index (χ1v) is 4.49. The molecule has 0 aliphatic carbocycles. The minimum Gasteiger partial charge on any atom is -0.394 e. The molecular weight excluding hydrogens is 230 g/mol. The maximum Gasteiger partial charge on any atom is 0.251 e. The van der Waals surface area contributed by atoms with Crippen molar-refractivity contribution in [1.82, 2.24) is 4.90 Å². The van der Waals surface area contributed by atoms with Crippen LogP contribution in [0, 0.1) is 0 Å². The smallest absolute Gasteiger partial charge is 0.251 e. The number of amides is 1. The minimum absolute atomic E-state index is 0. The highest BCUT2D eigenvalue weighted by Crippen LogP contribution is 2.27. The molecule has 1 amide bonds. The van der Waals surface area contributed by atoms with Gasteiger partial charge in [0, 0.05) is 25.9 Å². The van der Waals surface area contributed by atoms with E-state index >= 15 is 0 Å². The van der Waals surface area contributed by atoms with Gasteiger partial charge in [-0.1, -0.05) is 0 Å². The van der Waals surface area contributed by atoms with Crippen LogP contribution in [0.4, 0.5) is 8.78 Å². The number of likely N-dealkylation sites (tertiary alicyclic amines) is 1. The molecule has 0 saturated carbocycles. The van der Waals surface area contributed by atoms with Crippen LogP contribution >= 0.6 is 12.4 Å². The number of aliphatic hydroxyl groups excluding tert-OH is 1. The van der Waals surface area contributed by atoms with E-state index in [2.05, 4.69) is 0 Å². The van der Waals surface area contributed by atoms with Gasteiger partial charge >= 0.3 is 0 Å². The van der Waals surface area contributed by atoms with Gasteiger partial charge in [0.2, 0.25) is 5.91 Å². The van der Waals surface area contributed by atoms with E-state index in [4.69, 9.17) is 10.8 Å². The van der Waals surface area contributed by atoms with Gasteiger partial charge in [-0.25, -0.2) is 8.78 Å². The van der Waals surface area contributed by atoms with E-state index in [1.807, 2.05) is 0 Å². The largest absolute Gasteiger partial charge is 0.394 e. The number of carbonyl (C=O) groups is 1. The molecule has 1 rings (SSSR count). The Labute approximate surface area is 92.8 Å². The third-order valence-corrected chi connectivity index (χ3v) is 2.32. The molecule has 0 spiro atoms. The monoisotopic (exact) mass is 244 g/mol. The van der Waals surface area contributed by atoms with Crippen LogP contribution in [0.3, 0.4) is 0 Å². The van der Waals surface area contributed by atoms with E-state index < -0.39 is 24.5 Å². The van der Waals surface area contributed by atoms with Crippen molar-refractivity contribution in [1.29, 1.82) is 0 Å². The van der Waals surface area contributed by atoms with E-state index in [0.717, 1.165) is 0 Å². The Morgan fingerprint density at radius 1 is 1.47 bits per heavy atom. The highest BCUT2D eigenvalue weighted by molar-refractivity contribution is 5.85. The first kappa shape index (κ1) is 14.5. The van der Waals surface area contributed by atoms with Crippen molar-refractivity contribution in [3.05, 3.63) is 0 Å². The molecule has 7 heteroatoms. The second kappa shape index (κ2) is 5.58. The summed E-state index contributed by atoms with van der Waals surface area (Å²) in [4.78, 5) is 12.6. The van der Waals surface area contributed by atoms with E-state index in [0.29, 0.717) is 0 Å². The van der Waals surface area contributed by atoms with Crippen LogP contribution in [0.2, 0.25) is 0 Å². The van der Waals surface area contributed by atoms with E-state index in [9.17, 15) is 13.6 Å². The molecule has 1 heterocycles. The van der Waals surface area contributed by atoms with Crippen LogP contribution < -0.4 is 5.73 Å². The number of hydrogen-bond acceptors (Lipinski definition) is 3. The molecule has 15 heavy (non-hydrogen) atoms. The van der Waals surface area contributed by atoms with Gasteiger partial charge in [-0.3, -0.25) is 4.79 Å². The number of nitrogens with two attached hydrogens (primary N) is 1. The molecule has 0 aromatic carbocycles. The molecule has 1 fully saturated rings. The molecule has 1 atom stereocenters. The molecule has 4 nitrogen and oxygen atoms in total. The van der Waals surface area contributed by atoms with Gasteiger partial charge in [-0.15, -0.1) is 12.4 Å². The number of halogens is 3. The first-order chi connectivity index (χ1) is 6.46. The Kier molecular flexibility index (Phi) is 5.41. The topological polar surface area (TPSA) is 66.6 Å². The Hall–Kier alpha value is -0.460. The predicted octanol–water partition coefficient (Wildman–Crippen LogP) is -0.0145. The number of alkyl halides is 2. The fourth-order valence-corrected chi connectivity index (χ4v) is 1.37. The van der Waals surface area contributed by atoms with Crippen molar-refractivity contribution in [2.75, 3.05) is 19.7 Å². The third kappa shape index (κ3) is 3.89. The Balaban J connectivity index is 0.00000196. The highest BCUT2D eigenvalue weighted by Gasteiger charge is 2.36. The summed E-state index contributed by atoms with van der Waals surface area (Å²) < 4.78 is 25.4. The summed E-state index contributed by atoms with van der Waals surface area (Å²) in [7, 11) is 0. The maximum atomic E-state index is 12.7. The molecule has 90 valence electrons. The lowest BCUT2D eigenvalue weighted by atomic mass is 10.1. The summed E-state index contributed by atoms with van der Waals surface area (Å²) in [6, 6.07) is -0.985. The van der Waals surface area contributed by atoms with Gasteiger partial charge in [0.25, 0.3) is 5.92 Å². The zero-order chi connectivity index (χ0) is 10.8. The number of rotatable bonds is 2. The van der Waals surface area contributed by atoms with E-state index in [1.165, 1.54) is 4.90 Å². The van der Waals surface area contributed by atoms with Crippen LogP contribution in [0.1, 0.15) is 12.8 Å². The third-order valence-electron chi connectivity index (χ3n) is 2.32. The summed E-state index contributed by atoms with van der Waals surface area (Å²) in [5, 5.41) is 8.62. The average molecular weight is 245 g/mol. The van der Waals surface area contributed by atoms with Crippen molar-refractivity contribution in [3.63, 3.8) is 0 Å². The van der Waals surface area contributed by atoms with Gasteiger partial charge < -0.3 is 15.7 Å². The lowest BCUT2D eigenvalue weighted by molar-refractivity contribution is -0.139. The fraction of sp³-hybridized carbons (Fsp3) is 0.875. The van der Waals surface area contributed by atoms with Crippen LogP contribution in [-0.4, -0.2) is 47.6 Å². The van der Waals surface area contributed by atoms with Crippen molar-refractivity contribution in [2.24, 2.45) is 5.73 Å². The molecule has 1 aliphatic heterocycles.